The van der Waals surface area contributed by atoms with Crippen molar-refractivity contribution in [3.8, 4) is 34.3 Å². The zero-order valence-corrected chi connectivity index (χ0v) is 18.1. The van der Waals surface area contributed by atoms with Gasteiger partial charge in [-0.2, -0.15) is 4.98 Å². The molecule has 0 radical (unpaired) electrons. The molecule has 0 unspecified atom stereocenters. The third kappa shape index (κ3) is 3.38. The van der Waals surface area contributed by atoms with Gasteiger partial charge in [-0.3, -0.25) is 4.57 Å². The number of benzene rings is 1. The number of aryl methyl sites for hydroxylation is 1. The van der Waals surface area contributed by atoms with E-state index in [0.717, 1.165) is 34.3 Å². The van der Waals surface area contributed by atoms with Gasteiger partial charge in [-0.1, -0.05) is 5.16 Å². The molecule has 0 saturated carbocycles. The van der Waals surface area contributed by atoms with Crippen molar-refractivity contribution >= 4 is 0 Å². The second-order valence-corrected chi connectivity index (χ2v) is 8.36. The predicted octanol–water partition coefficient (Wildman–Crippen LogP) is 3.17. The van der Waals surface area contributed by atoms with Gasteiger partial charge in [0.25, 0.3) is 0 Å². The third-order valence-electron chi connectivity index (χ3n) is 5.08. The van der Waals surface area contributed by atoms with E-state index in [0.29, 0.717) is 30.6 Å². The Hall–Kier alpha value is -3.53. The Labute approximate surface area is 178 Å². The molecule has 1 aliphatic heterocycles. The number of methoxy groups -OCH3 is 1. The fraction of sp³-hybridized carbons (Fsp3) is 0.381. The van der Waals surface area contributed by atoms with Gasteiger partial charge < -0.3 is 18.6 Å². The summed E-state index contributed by atoms with van der Waals surface area (Å²) in [7, 11) is 1.64. The molecule has 10 heteroatoms. The molecule has 1 aliphatic rings. The Kier molecular flexibility index (Phi) is 4.40. The van der Waals surface area contributed by atoms with Gasteiger partial charge in [0.05, 0.1) is 30.6 Å². The van der Waals surface area contributed by atoms with Crippen molar-refractivity contribution < 1.29 is 14.0 Å². The van der Waals surface area contributed by atoms with Gasteiger partial charge in [0.15, 0.2) is 11.6 Å². The second-order valence-electron chi connectivity index (χ2n) is 8.36. The number of aromatic nitrogens is 7. The molecule has 0 atom stereocenters. The minimum atomic E-state index is -0.298. The molecule has 0 bridgehead atoms. The molecule has 5 rings (SSSR count). The zero-order valence-electron chi connectivity index (χ0n) is 18.1. The summed E-state index contributed by atoms with van der Waals surface area (Å²) in [4.78, 5) is 8.97. The number of rotatable bonds is 4. The van der Waals surface area contributed by atoms with Crippen molar-refractivity contribution in [1.29, 1.82) is 0 Å². The lowest BCUT2D eigenvalue weighted by atomic mass is 10.1. The number of nitrogens with zero attached hydrogens (tertiary/aromatic N) is 7. The maximum atomic E-state index is 5.99. The third-order valence-corrected chi connectivity index (χ3v) is 5.08. The van der Waals surface area contributed by atoms with Gasteiger partial charge in [0, 0.05) is 12.5 Å². The van der Waals surface area contributed by atoms with Crippen LogP contribution < -0.4 is 4.74 Å². The second kappa shape index (κ2) is 7.02. The fourth-order valence-electron chi connectivity index (χ4n) is 3.58. The Balaban J connectivity index is 1.70. The Morgan fingerprint density at radius 3 is 2.74 bits per heavy atom. The van der Waals surface area contributed by atoms with Crippen molar-refractivity contribution in [2.45, 2.75) is 46.4 Å². The Bertz CT molecular complexity index is 1260. The van der Waals surface area contributed by atoms with E-state index in [2.05, 4.69) is 25.3 Å². The van der Waals surface area contributed by atoms with Crippen LogP contribution in [0.25, 0.3) is 28.6 Å². The van der Waals surface area contributed by atoms with E-state index < -0.39 is 0 Å². The SMILES string of the molecule is COc1ccc2c(c1)-c1nnc(COC(C)(C)C)n1Cc1c(-c3noc(C)n3)ncn1-2. The van der Waals surface area contributed by atoms with Crippen LogP contribution in [0.2, 0.25) is 0 Å². The lowest BCUT2D eigenvalue weighted by Gasteiger charge is -2.19. The number of ether oxygens (including phenoxy) is 2. The van der Waals surface area contributed by atoms with Gasteiger partial charge >= 0.3 is 0 Å². The molecule has 0 spiro atoms. The molecule has 160 valence electrons. The van der Waals surface area contributed by atoms with Crippen LogP contribution in [0.1, 0.15) is 38.2 Å². The van der Waals surface area contributed by atoms with Gasteiger partial charge in [-0.15, -0.1) is 10.2 Å². The first-order valence-corrected chi connectivity index (χ1v) is 9.96. The molecule has 1 aromatic carbocycles. The predicted molar refractivity (Wildman–Crippen MR) is 111 cm³/mol. The molecule has 0 fully saturated rings. The molecule has 4 heterocycles. The first-order valence-electron chi connectivity index (χ1n) is 9.96. The first kappa shape index (κ1) is 19.4. The molecule has 3 aromatic heterocycles. The van der Waals surface area contributed by atoms with E-state index in [1.165, 1.54) is 0 Å². The van der Waals surface area contributed by atoms with E-state index in [-0.39, 0.29) is 5.60 Å². The normalized spacial score (nSPS) is 12.8. The van der Waals surface area contributed by atoms with Gasteiger partial charge in [0.2, 0.25) is 11.7 Å². The summed E-state index contributed by atoms with van der Waals surface area (Å²) in [6, 6.07) is 5.86. The highest BCUT2D eigenvalue weighted by molar-refractivity contribution is 5.72. The van der Waals surface area contributed by atoms with Crippen LogP contribution in [-0.2, 0) is 17.9 Å². The molecular weight excluding hydrogens is 398 g/mol. The summed E-state index contributed by atoms with van der Waals surface area (Å²) in [6.45, 7) is 8.61. The lowest BCUT2D eigenvalue weighted by molar-refractivity contribution is -0.0192. The van der Waals surface area contributed by atoms with Gasteiger partial charge in [-0.25, -0.2) is 4.98 Å². The van der Waals surface area contributed by atoms with E-state index in [4.69, 9.17) is 14.0 Å². The lowest BCUT2D eigenvalue weighted by Crippen LogP contribution is -2.20. The summed E-state index contributed by atoms with van der Waals surface area (Å²) in [5.74, 6) is 3.13. The number of hydrogen-bond donors (Lipinski definition) is 0. The molecule has 4 aromatic rings. The van der Waals surface area contributed by atoms with Gasteiger partial charge in [0.1, 0.15) is 24.4 Å². The maximum Gasteiger partial charge on any atom is 0.223 e. The van der Waals surface area contributed by atoms with Crippen LogP contribution in [-0.4, -0.2) is 47.2 Å². The van der Waals surface area contributed by atoms with Crippen molar-refractivity contribution in [3.05, 3.63) is 41.9 Å². The van der Waals surface area contributed by atoms with Gasteiger partial charge in [-0.05, 0) is 39.0 Å². The van der Waals surface area contributed by atoms with E-state index >= 15 is 0 Å². The summed E-state index contributed by atoms with van der Waals surface area (Å²) >= 11 is 0. The van der Waals surface area contributed by atoms with Crippen LogP contribution in [0.3, 0.4) is 0 Å². The van der Waals surface area contributed by atoms with Crippen LogP contribution in [0, 0.1) is 6.92 Å². The maximum absolute atomic E-state index is 5.99. The quantitative estimate of drug-likeness (QED) is 0.436. The van der Waals surface area contributed by atoms with Crippen LogP contribution >= 0.6 is 0 Å². The fourth-order valence-corrected chi connectivity index (χ4v) is 3.58. The van der Waals surface area contributed by atoms with Crippen LogP contribution in [0.4, 0.5) is 0 Å². The summed E-state index contributed by atoms with van der Waals surface area (Å²) in [6.07, 6.45) is 1.77. The monoisotopic (exact) mass is 421 g/mol. The van der Waals surface area contributed by atoms with Crippen molar-refractivity contribution in [2.75, 3.05) is 7.11 Å². The topological polar surface area (TPSA) is 106 Å². The summed E-state index contributed by atoms with van der Waals surface area (Å²) in [5, 5.41) is 13.0. The summed E-state index contributed by atoms with van der Waals surface area (Å²) in [5.41, 5.74) is 3.07. The average molecular weight is 421 g/mol. The Morgan fingerprint density at radius 1 is 1.19 bits per heavy atom. The smallest absolute Gasteiger partial charge is 0.223 e. The van der Waals surface area contributed by atoms with Crippen molar-refractivity contribution in [3.63, 3.8) is 0 Å². The van der Waals surface area contributed by atoms with E-state index in [1.54, 1.807) is 20.4 Å². The molecule has 31 heavy (non-hydrogen) atoms. The highest BCUT2D eigenvalue weighted by atomic mass is 16.5. The van der Waals surface area contributed by atoms with Crippen molar-refractivity contribution in [2.24, 2.45) is 0 Å². The molecule has 0 amide bonds. The zero-order chi connectivity index (χ0) is 21.8. The molecular formula is C21H23N7O3. The van der Waals surface area contributed by atoms with E-state index in [1.807, 2.05) is 48.1 Å². The van der Waals surface area contributed by atoms with Crippen molar-refractivity contribution in [1.82, 2.24) is 34.5 Å². The number of imidazole rings is 1. The highest BCUT2D eigenvalue weighted by Crippen LogP contribution is 2.36. The van der Waals surface area contributed by atoms with Crippen LogP contribution in [0.15, 0.2) is 29.0 Å². The van der Waals surface area contributed by atoms with E-state index in [9.17, 15) is 0 Å². The number of fused-ring (bicyclic) bond motifs is 5. The largest absolute Gasteiger partial charge is 0.497 e. The summed E-state index contributed by atoms with van der Waals surface area (Å²) < 4.78 is 20.7. The first-order chi connectivity index (χ1) is 14.8. The average Bonchev–Trinajstić information content (AvgIpc) is 3.43. The van der Waals surface area contributed by atoms with Crippen LogP contribution in [0.5, 0.6) is 5.75 Å². The molecule has 0 N–H and O–H groups in total. The Morgan fingerprint density at radius 2 is 2.03 bits per heavy atom. The number of hydrogen-bond acceptors (Lipinski definition) is 8. The minimum absolute atomic E-state index is 0.298. The molecule has 10 nitrogen and oxygen atoms in total. The standard InChI is InChI=1S/C21H23N7O3/c1-12-23-19(26-31-12)18-16-9-27-17(10-30-21(2,3)4)24-25-20(27)14-8-13(29-5)6-7-15(14)28(16)11-22-18/h6-8,11H,9-10H2,1-5H3. The minimum Gasteiger partial charge on any atom is -0.497 e. The molecule has 0 saturated heterocycles. The highest BCUT2D eigenvalue weighted by Gasteiger charge is 2.28. The molecule has 0 aliphatic carbocycles.